The van der Waals surface area contributed by atoms with Crippen molar-refractivity contribution in [3.63, 3.8) is 0 Å². The Morgan fingerprint density at radius 2 is 1.70 bits per heavy atom. The summed E-state index contributed by atoms with van der Waals surface area (Å²) in [6, 6.07) is 6.46. The molecule has 4 aliphatic rings. The van der Waals surface area contributed by atoms with Crippen molar-refractivity contribution in [3.05, 3.63) is 23.8 Å². The van der Waals surface area contributed by atoms with E-state index < -0.39 is 0 Å². The molecular formula is C18H25NS. The maximum Gasteiger partial charge on any atom is 0.0481 e. The molecule has 4 aliphatic carbocycles. The van der Waals surface area contributed by atoms with Crippen molar-refractivity contribution >= 4 is 17.4 Å². The van der Waals surface area contributed by atoms with Gasteiger partial charge in [0.1, 0.15) is 0 Å². The molecule has 2 heteroatoms. The van der Waals surface area contributed by atoms with Crippen LogP contribution in [0.2, 0.25) is 0 Å². The maximum absolute atomic E-state index is 6.24. The lowest BCUT2D eigenvalue weighted by Gasteiger charge is -2.56. The lowest BCUT2D eigenvalue weighted by molar-refractivity contribution is -0.0381. The predicted octanol–water partition coefficient (Wildman–Crippen LogP) is 4.89. The van der Waals surface area contributed by atoms with Crippen LogP contribution in [0.5, 0.6) is 0 Å². The van der Waals surface area contributed by atoms with Crippen molar-refractivity contribution in [2.24, 2.45) is 23.2 Å². The third-order valence-electron chi connectivity index (χ3n) is 5.98. The van der Waals surface area contributed by atoms with Gasteiger partial charge in [0.2, 0.25) is 0 Å². The van der Waals surface area contributed by atoms with Crippen LogP contribution < -0.4 is 5.73 Å². The van der Waals surface area contributed by atoms with Crippen molar-refractivity contribution in [2.45, 2.75) is 50.3 Å². The quantitative estimate of drug-likeness (QED) is 0.633. The van der Waals surface area contributed by atoms with Crippen molar-refractivity contribution in [3.8, 4) is 0 Å². The zero-order chi connectivity index (χ0) is 13.7. The number of rotatable bonds is 3. The fraction of sp³-hybridized carbons (Fsp3) is 0.667. The van der Waals surface area contributed by atoms with Crippen LogP contribution in [0.3, 0.4) is 0 Å². The zero-order valence-electron chi connectivity index (χ0n) is 12.4. The SMILES string of the molecule is Cc1cccc(SCC23CC4CC(CC(C4)C2)C3)c1N. The van der Waals surface area contributed by atoms with Gasteiger partial charge in [0, 0.05) is 16.3 Å². The van der Waals surface area contributed by atoms with E-state index in [-0.39, 0.29) is 0 Å². The molecule has 0 aromatic heterocycles. The summed E-state index contributed by atoms with van der Waals surface area (Å²) >= 11 is 2.02. The summed E-state index contributed by atoms with van der Waals surface area (Å²) in [5.74, 6) is 4.45. The summed E-state index contributed by atoms with van der Waals surface area (Å²) in [6.45, 7) is 2.12. The Bertz CT molecular complexity index is 487. The monoisotopic (exact) mass is 287 g/mol. The minimum absolute atomic E-state index is 0.648. The summed E-state index contributed by atoms with van der Waals surface area (Å²) in [4.78, 5) is 1.31. The number of thioether (sulfide) groups is 1. The standard InChI is InChI=1S/C18H25NS/c1-12-3-2-4-16(17(12)19)20-11-18-8-13-5-14(9-18)7-15(6-13)10-18/h2-4,13-15H,5-11,19H2,1H3. The normalized spacial score (nSPS) is 38.4. The fourth-order valence-electron chi connectivity index (χ4n) is 5.48. The topological polar surface area (TPSA) is 26.0 Å². The fourth-order valence-corrected chi connectivity index (χ4v) is 6.78. The third kappa shape index (κ3) is 2.16. The highest BCUT2D eigenvalue weighted by molar-refractivity contribution is 7.99. The number of nitrogen functional groups attached to an aromatic ring is 1. The van der Waals surface area contributed by atoms with Crippen molar-refractivity contribution in [1.29, 1.82) is 0 Å². The van der Waals surface area contributed by atoms with Gasteiger partial charge in [-0.2, -0.15) is 0 Å². The van der Waals surface area contributed by atoms with Crippen LogP contribution in [0.25, 0.3) is 0 Å². The molecule has 0 unspecified atom stereocenters. The first-order chi connectivity index (χ1) is 9.63. The summed E-state index contributed by atoms with van der Waals surface area (Å²) in [7, 11) is 0. The van der Waals surface area contributed by atoms with E-state index in [0.29, 0.717) is 5.41 Å². The third-order valence-corrected chi connectivity index (χ3v) is 7.41. The van der Waals surface area contributed by atoms with E-state index in [9.17, 15) is 0 Å². The van der Waals surface area contributed by atoms with Gasteiger partial charge in [0.15, 0.2) is 0 Å². The summed E-state index contributed by atoms with van der Waals surface area (Å²) < 4.78 is 0. The largest absolute Gasteiger partial charge is 0.398 e. The van der Waals surface area contributed by atoms with Gasteiger partial charge in [0.05, 0.1) is 0 Å². The molecule has 5 rings (SSSR count). The van der Waals surface area contributed by atoms with Crippen molar-refractivity contribution < 1.29 is 0 Å². The average Bonchev–Trinajstić information content (AvgIpc) is 2.39. The lowest BCUT2D eigenvalue weighted by atomic mass is 9.50. The molecule has 0 aliphatic heterocycles. The molecule has 2 N–H and O–H groups in total. The van der Waals surface area contributed by atoms with E-state index in [4.69, 9.17) is 5.73 Å². The molecule has 4 fully saturated rings. The van der Waals surface area contributed by atoms with E-state index in [1.54, 1.807) is 0 Å². The molecular weight excluding hydrogens is 262 g/mol. The Labute approximate surface area is 126 Å². The average molecular weight is 287 g/mol. The van der Waals surface area contributed by atoms with Gasteiger partial charge in [-0.1, -0.05) is 12.1 Å². The van der Waals surface area contributed by atoms with Crippen molar-refractivity contribution in [1.82, 2.24) is 0 Å². The molecule has 108 valence electrons. The molecule has 0 spiro atoms. The van der Waals surface area contributed by atoms with Crippen LogP contribution in [0.4, 0.5) is 5.69 Å². The number of hydrogen-bond acceptors (Lipinski definition) is 2. The molecule has 0 amide bonds. The number of aryl methyl sites for hydroxylation is 1. The molecule has 1 nitrogen and oxygen atoms in total. The van der Waals surface area contributed by atoms with Crippen LogP contribution in [0.1, 0.15) is 44.1 Å². The van der Waals surface area contributed by atoms with E-state index in [2.05, 4.69) is 25.1 Å². The Hall–Kier alpha value is -0.630. The molecule has 1 aromatic carbocycles. The first-order valence-corrected chi connectivity index (χ1v) is 9.10. The number of anilines is 1. The van der Waals surface area contributed by atoms with Crippen LogP contribution in [0.15, 0.2) is 23.1 Å². The van der Waals surface area contributed by atoms with Gasteiger partial charge in [-0.05, 0) is 80.2 Å². The van der Waals surface area contributed by atoms with Gasteiger partial charge in [-0.25, -0.2) is 0 Å². The molecule has 1 aromatic rings. The first-order valence-electron chi connectivity index (χ1n) is 8.11. The van der Waals surface area contributed by atoms with Gasteiger partial charge >= 0.3 is 0 Å². The van der Waals surface area contributed by atoms with E-state index in [1.807, 2.05) is 11.8 Å². The Balaban J connectivity index is 1.50. The lowest BCUT2D eigenvalue weighted by Crippen LogP contribution is -2.47. The second kappa shape index (κ2) is 4.69. The predicted molar refractivity (Wildman–Crippen MR) is 86.9 cm³/mol. The summed E-state index contributed by atoms with van der Waals surface area (Å²) in [5, 5.41) is 0. The number of nitrogens with two attached hydrogens (primary N) is 1. The van der Waals surface area contributed by atoms with Gasteiger partial charge in [0.25, 0.3) is 0 Å². The van der Waals surface area contributed by atoms with E-state index >= 15 is 0 Å². The maximum atomic E-state index is 6.24. The highest BCUT2D eigenvalue weighted by Gasteiger charge is 2.50. The number of benzene rings is 1. The molecule has 20 heavy (non-hydrogen) atoms. The minimum Gasteiger partial charge on any atom is -0.398 e. The second-order valence-corrected chi connectivity index (χ2v) is 8.71. The smallest absolute Gasteiger partial charge is 0.0481 e. The molecule has 0 radical (unpaired) electrons. The van der Waals surface area contributed by atoms with Crippen LogP contribution in [0, 0.1) is 30.1 Å². The molecule has 4 saturated carbocycles. The number of hydrogen-bond donors (Lipinski definition) is 1. The van der Waals surface area contributed by atoms with Crippen LogP contribution >= 0.6 is 11.8 Å². The molecule has 0 saturated heterocycles. The number of para-hydroxylation sites is 1. The highest BCUT2D eigenvalue weighted by atomic mass is 32.2. The molecule has 4 bridgehead atoms. The van der Waals surface area contributed by atoms with Crippen LogP contribution in [-0.4, -0.2) is 5.75 Å². The van der Waals surface area contributed by atoms with Gasteiger partial charge in [-0.15, -0.1) is 11.8 Å². The Morgan fingerprint density at radius 3 is 2.30 bits per heavy atom. The second-order valence-electron chi connectivity index (χ2n) is 7.69. The van der Waals surface area contributed by atoms with Gasteiger partial charge in [-0.3, -0.25) is 0 Å². The molecule has 0 heterocycles. The Kier molecular flexibility index (Phi) is 3.06. The van der Waals surface area contributed by atoms with Crippen LogP contribution in [-0.2, 0) is 0 Å². The Morgan fingerprint density at radius 1 is 1.10 bits per heavy atom. The highest BCUT2D eigenvalue weighted by Crippen LogP contribution is 2.61. The van der Waals surface area contributed by atoms with E-state index in [1.165, 1.54) is 54.7 Å². The zero-order valence-corrected chi connectivity index (χ0v) is 13.2. The summed E-state index contributed by atoms with van der Waals surface area (Å²) in [5.41, 5.74) is 9.11. The van der Waals surface area contributed by atoms with E-state index in [0.717, 1.165) is 23.4 Å². The van der Waals surface area contributed by atoms with Crippen molar-refractivity contribution in [2.75, 3.05) is 11.5 Å². The van der Waals surface area contributed by atoms with Gasteiger partial charge < -0.3 is 5.73 Å². The summed E-state index contributed by atoms with van der Waals surface area (Å²) in [6.07, 6.45) is 9.11. The molecule has 0 atom stereocenters. The minimum atomic E-state index is 0.648. The first kappa shape index (κ1) is 13.1.